The summed E-state index contributed by atoms with van der Waals surface area (Å²) in [4.78, 5) is 13.2. The van der Waals surface area contributed by atoms with Crippen molar-refractivity contribution in [3.05, 3.63) is 71.5 Å². The summed E-state index contributed by atoms with van der Waals surface area (Å²) in [7, 11) is 3.57. The lowest BCUT2D eigenvalue weighted by molar-refractivity contribution is 0.0931. The van der Waals surface area contributed by atoms with Gasteiger partial charge in [-0.1, -0.05) is 73.5 Å². The highest BCUT2D eigenvalue weighted by molar-refractivity contribution is 7.99. The van der Waals surface area contributed by atoms with Crippen LogP contribution >= 0.6 is 11.8 Å². The van der Waals surface area contributed by atoms with Crippen LogP contribution in [0.4, 0.5) is 0 Å². The second-order valence-corrected chi connectivity index (χ2v) is 9.62. The van der Waals surface area contributed by atoms with Gasteiger partial charge < -0.3 is 14.6 Å². The molecule has 0 bridgehead atoms. The van der Waals surface area contributed by atoms with Crippen molar-refractivity contribution in [2.75, 3.05) is 12.9 Å². The number of para-hydroxylation sites is 1. The molecule has 3 aromatic rings. The highest BCUT2D eigenvalue weighted by atomic mass is 32.2. The van der Waals surface area contributed by atoms with Crippen molar-refractivity contribution in [2.45, 2.75) is 49.7 Å². The van der Waals surface area contributed by atoms with Gasteiger partial charge in [-0.25, -0.2) is 0 Å². The molecule has 1 saturated carbocycles. The molecule has 1 heterocycles. The largest absolute Gasteiger partial charge is 0.496 e. The summed E-state index contributed by atoms with van der Waals surface area (Å²) in [6.45, 7) is 0. The second kappa shape index (κ2) is 11.4. The van der Waals surface area contributed by atoms with Gasteiger partial charge in [0, 0.05) is 12.8 Å². The number of aromatic nitrogens is 3. The molecule has 4 rings (SSSR count). The fourth-order valence-corrected chi connectivity index (χ4v) is 5.53. The molecule has 0 saturated heterocycles. The Balaban J connectivity index is 1.54. The zero-order valence-corrected chi connectivity index (χ0v) is 20.2. The van der Waals surface area contributed by atoms with E-state index in [1.165, 1.54) is 32.1 Å². The van der Waals surface area contributed by atoms with Gasteiger partial charge in [0.05, 0.1) is 18.7 Å². The number of benzene rings is 2. The van der Waals surface area contributed by atoms with E-state index >= 15 is 0 Å². The molecule has 1 N–H and O–H groups in total. The van der Waals surface area contributed by atoms with Crippen LogP contribution in [0.15, 0.2) is 59.8 Å². The van der Waals surface area contributed by atoms with Crippen molar-refractivity contribution >= 4 is 17.7 Å². The number of thioether (sulfide) groups is 1. The molecule has 2 aromatic carbocycles. The van der Waals surface area contributed by atoms with Crippen LogP contribution in [-0.2, 0) is 13.5 Å². The van der Waals surface area contributed by atoms with Crippen molar-refractivity contribution in [3.63, 3.8) is 0 Å². The Morgan fingerprint density at radius 2 is 1.82 bits per heavy atom. The summed E-state index contributed by atoms with van der Waals surface area (Å²) in [5.74, 6) is 2.95. The van der Waals surface area contributed by atoms with Gasteiger partial charge in [0.15, 0.2) is 11.0 Å². The number of carbonyl (C=O) groups excluding carboxylic acids is 1. The van der Waals surface area contributed by atoms with Crippen LogP contribution in [0.5, 0.6) is 5.75 Å². The van der Waals surface area contributed by atoms with Gasteiger partial charge in [0.1, 0.15) is 5.75 Å². The van der Waals surface area contributed by atoms with E-state index in [1.807, 2.05) is 41.9 Å². The average molecular weight is 465 g/mol. The molecular weight excluding hydrogens is 432 g/mol. The van der Waals surface area contributed by atoms with E-state index in [0.717, 1.165) is 28.2 Å². The van der Waals surface area contributed by atoms with Crippen molar-refractivity contribution in [1.29, 1.82) is 0 Å². The topological polar surface area (TPSA) is 69.0 Å². The maximum absolute atomic E-state index is 13.2. The Bertz CT molecular complexity index is 1050. The van der Waals surface area contributed by atoms with Crippen LogP contribution < -0.4 is 10.1 Å². The predicted molar refractivity (Wildman–Crippen MR) is 132 cm³/mol. The third-order valence-corrected chi connectivity index (χ3v) is 7.54. The van der Waals surface area contributed by atoms with Crippen LogP contribution in [0.25, 0.3) is 0 Å². The molecule has 0 spiro atoms. The van der Waals surface area contributed by atoms with Crippen LogP contribution in [0.3, 0.4) is 0 Å². The lowest BCUT2D eigenvalue weighted by Gasteiger charge is -2.21. The van der Waals surface area contributed by atoms with E-state index in [4.69, 9.17) is 4.74 Å². The first-order valence-corrected chi connectivity index (χ1v) is 12.6. The minimum absolute atomic E-state index is 0.187. The maximum atomic E-state index is 13.2. The van der Waals surface area contributed by atoms with E-state index in [9.17, 15) is 4.79 Å². The Morgan fingerprint density at radius 1 is 1.09 bits per heavy atom. The number of hydrogen-bond donors (Lipinski definition) is 1. The van der Waals surface area contributed by atoms with Gasteiger partial charge in [0.25, 0.3) is 5.91 Å². The van der Waals surface area contributed by atoms with Crippen molar-refractivity contribution in [1.82, 2.24) is 20.1 Å². The molecule has 33 heavy (non-hydrogen) atoms. The molecule has 1 aliphatic rings. The number of carbonyl (C=O) groups is 1. The SMILES string of the molecule is COc1ccccc1C(=O)NC(Cc1ccccc1)c1nnc(SCC2CCCCC2)n1C. The van der Waals surface area contributed by atoms with Crippen molar-refractivity contribution in [3.8, 4) is 5.75 Å². The molecule has 6 nitrogen and oxygen atoms in total. The highest BCUT2D eigenvalue weighted by Crippen LogP contribution is 2.30. The Hall–Kier alpha value is -2.80. The number of methoxy groups -OCH3 is 1. The van der Waals surface area contributed by atoms with E-state index in [2.05, 4.69) is 27.6 Å². The summed E-state index contributed by atoms with van der Waals surface area (Å²) in [5.41, 5.74) is 1.63. The minimum atomic E-state index is -0.314. The van der Waals surface area contributed by atoms with Crippen LogP contribution in [0.2, 0.25) is 0 Å². The van der Waals surface area contributed by atoms with Crippen molar-refractivity contribution < 1.29 is 9.53 Å². The van der Waals surface area contributed by atoms with Gasteiger partial charge in [-0.05, 0) is 42.9 Å². The lowest BCUT2D eigenvalue weighted by atomic mass is 9.91. The summed E-state index contributed by atoms with van der Waals surface area (Å²) in [6, 6.07) is 17.1. The first-order chi connectivity index (χ1) is 16.2. The second-order valence-electron chi connectivity index (χ2n) is 8.63. The summed E-state index contributed by atoms with van der Waals surface area (Å²) in [6.07, 6.45) is 7.28. The van der Waals surface area contributed by atoms with Gasteiger partial charge >= 0.3 is 0 Å². The molecule has 0 aliphatic heterocycles. The zero-order valence-electron chi connectivity index (χ0n) is 19.4. The van der Waals surface area contributed by atoms with Crippen LogP contribution in [0.1, 0.15) is 59.9 Å². The molecule has 174 valence electrons. The molecule has 1 atom stereocenters. The summed E-state index contributed by atoms with van der Waals surface area (Å²) >= 11 is 1.78. The quantitative estimate of drug-likeness (QED) is 0.440. The van der Waals surface area contributed by atoms with Gasteiger partial charge in [-0.15, -0.1) is 10.2 Å². The normalized spacial score (nSPS) is 15.2. The first kappa shape index (κ1) is 23.4. The van der Waals surface area contributed by atoms with Gasteiger partial charge in [-0.2, -0.15) is 0 Å². The third-order valence-electron chi connectivity index (χ3n) is 6.29. The summed E-state index contributed by atoms with van der Waals surface area (Å²) < 4.78 is 7.42. The zero-order chi connectivity index (χ0) is 23.0. The minimum Gasteiger partial charge on any atom is -0.496 e. The van der Waals surface area contributed by atoms with E-state index in [0.29, 0.717) is 17.7 Å². The first-order valence-electron chi connectivity index (χ1n) is 11.7. The van der Waals surface area contributed by atoms with E-state index in [1.54, 1.807) is 31.0 Å². The van der Waals surface area contributed by atoms with Gasteiger partial charge in [0.2, 0.25) is 0 Å². The molecule has 1 unspecified atom stereocenters. The number of rotatable bonds is 9. The summed E-state index contributed by atoms with van der Waals surface area (Å²) in [5, 5.41) is 13.1. The monoisotopic (exact) mass is 464 g/mol. The Kier molecular flexibility index (Phi) is 8.05. The van der Waals surface area contributed by atoms with E-state index < -0.39 is 0 Å². The Morgan fingerprint density at radius 3 is 2.58 bits per heavy atom. The lowest BCUT2D eigenvalue weighted by Crippen LogP contribution is -2.32. The standard InChI is InChI=1S/C26H32N4O2S/c1-30-24(28-29-26(30)33-18-20-13-7-4-8-14-20)22(17-19-11-5-3-6-12-19)27-25(31)21-15-9-10-16-23(21)32-2/h3,5-6,9-12,15-16,20,22H,4,7-8,13-14,17-18H2,1-2H3,(H,27,31). The van der Waals surface area contributed by atoms with Gasteiger partial charge in [-0.3, -0.25) is 4.79 Å². The molecule has 1 aromatic heterocycles. The Labute approximate surface area is 200 Å². The fourth-order valence-electron chi connectivity index (χ4n) is 4.43. The molecular formula is C26H32N4O2S. The molecule has 0 radical (unpaired) electrons. The maximum Gasteiger partial charge on any atom is 0.255 e. The average Bonchev–Trinajstić information content (AvgIpc) is 3.23. The molecule has 1 amide bonds. The number of hydrogen-bond acceptors (Lipinski definition) is 5. The number of ether oxygens (including phenoxy) is 1. The van der Waals surface area contributed by atoms with Crippen LogP contribution in [0, 0.1) is 5.92 Å². The number of nitrogens with one attached hydrogen (secondary N) is 1. The number of nitrogens with zero attached hydrogens (tertiary/aromatic N) is 3. The fraction of sp³-hybridized carbons (Fsp3) is 0.423. The number of amides is 1. The predicted octanol–water partition coefficient (Wildman–Crippen LogP) is 5.21. The molecule has 1 aliphatic carbocycles. The van der Waals surface area contributed by atoms with E-state index in [-0.39, 0.29) is 11.9 Å². The smallest absolute Gasteiger partial charge is 0.255 e. The highest BCUT2D eigenvalue weighted by Gasteiger charge is 2.24. The van der Waals surface area contributed by atoms with Crippen molar-refractivity contribution in [2.24, 2.45) is 13.0 Å². The third kappa shape index (κ3) is 5.96. The molecule has 7 heteroatoms. The van der Waals surface area contributed by atoms with Crippen LogP contribution in [-0.4, -0.2) is 33.5 Å². The molecule has 1 fully saturated rings.